The van der Waals surface area contributed by atoms with Crippen molar-refractivity contribution >= 4 is 5.97 Å². The van der Waals surface area contributed by atoms with Crippen LogP contribution in [0.1, 0.15) is 25.7 Å². The average Bonchev–Trinajstić information content (AvgIpc) is 2.71. The average molecular weight is 200 g/mol. The minimum Gasteiger partial charge on any atom is -0.468 e. The Morgan fingerprint density at radius 1 is 1.57 bits per heavy atom. The van der Waals surface area contributed by atoms with E-state index in [0.717, 1.165) is 0 Å². The van der Waals surface area contributed by atoms with Crippen LogP contribution in [0.3, 0.4) is 0 Å². The molecular formula is C10H20N2O2. The lowest BCUT2D eigenvalue weighted by Gasteiger charge is -2.30. The van der Waals surface area contributed by atoms with Gasteiger partial charge in [-0.3, -0.25) is 9.69 Å². The van der Waals surface area contributed by atoms with Gasteiger partial charge in [0, 0.05) is 12.6 Å². The fraction of sp³-hybridized carbons (Fsp3) is 0.900. The summed E-state index contributed by atoms with van der Waals surface area (Å²) in [5.41, 5.74) is 5.58. The third-order valence-electron chi connectivity index (χ3n) is 3.09. The van der Waals surface area contributed by atoms with Crippen molar-refractivity contribution in [1.29, 1.82) is 0 Å². The lowest BCUT2D eigenvalue weighted by molar-refractivity contribution is -0.146. The Hall–Kier alpha value is -0.610. The Kier molecular flexibility index (Phi) is 4.35. The number of hydrogen-bond acceptors (Lipinski definition) is 4. The molecule has 14 heavy (non-hydrogen) atoms. The molecule has 0 bridgehead atoms. The van der Waals surface area contributed by atoms with Gasteiger partial charge in [-0.05, 0) is 19.9 Å². The van der Waals surface area contributed by atoms with Crippen LogP contribution < -0.4 is 5.73 Å². The zero-order valence-corrected chi connectivity index (χ0v) is 9.03. The fourth-order valence-corrected chi connectivity index (χ4v) is 2.13. The van der Waals surface area contributed by atoms with Gasteiger partial charge in [-0.15, -0.1) is 0 Å². The highest BCUT2D eigenvalue weighted by molar-refractivity contribution is 5.75. The summed E-state index contributed by atoms with van der Waals surface area (Å²) in [5, 5.41) is 0. The molecule has 1 fully saturated rings. The predicted molar refractivity (Wildman–Crippen MR) is 54.9 cm³/mol. The molecule has 0 aromatic carbocycles. The summed E-state index contributed by atoms with van der Waals surface area (Å²) < 4.78 is 4.72. The van der Waals surface area contributed by atoms with Crippen molar-refractivity contribution in [3.05, 3.63) is 0 Å². The number of ether oxygens (including phenoxy) is 1. The molecule has 0 spiro atoms. The minimum atomic E-state index is -0.275. The molecule has 0 saturated heterocycles. The van der Waals surface area contributed by atoms with E-state index in [0.29, 0.717) is 12.6 Å². The Morgan fingerprint density at radius 3 is 2.57 bits per heavy atom. The lowest BCUT2D eigenvalue weighted by Crippen LogP contribution is -2.48. The Labute approximate surface area is 85.4 Å². The summed E-state index contributed by atoms with van der Waals surface area (Å²) in [6.07, 6.45) is 4.86. The molecular weight excluding hydrogens is 180 g/mol. The zero-order valence-electron chi connectivity index (χ0n) is 9.03. The molecule has 0 aliphatic heterocycles. The summed E-state index contributed by atoms with van der Waals surface area (Å²) in [4.78, 5) is 13.5. The molecule has 0 amide bonds. The van der Waals surface area contributed by atoms with Crippen molar-refractivity contribution in [3.8, 4) is 0 Å². The molecule has 1 atom stereocenters. The van der Waals surface area contributed by atoms with E-state index in [1.165, 1.54) is 32.8 Å². The van der Waals surface area contributed by atoms with Crippen LogP contribution in [-0.2, 0) is 9.53 Å². The van der Waals surface area contributed by atoms with Crippen molar-refractivity contribution in [2.24, 2.45) is 5.73 Å². The van der Waals surface area contributed by atoms with Crippen molar-refractivity contribution in [2.75, 3.05) is 20.7 Å². The van der Waals surface area contributed by atoms with Gasteiger partial charge in [0.25, 0.3) is 0 Å². The van der Waals surface area contributed by atoms with Crippen molar-refractivity contribution < 1.29 is 9.53 Å². The van der Waals surface area contributed by atoms with Crippen LogP contribution in [0.2, 0.25) is 0 Å². The van der Waals surface area contributed by atoms with E-state index in [9.17, 15) is 4.79 Å². The predicted octanol–water partition coefficient (Wildman–Crippen LogP) is 0.361. The van der Waals surface area contributed by atoms with Gasteiger partial charge in [0.2, 0.25) is 0 Å². The van der Waals surface area contributed by atoms with Crippen molar-refractivity contribution in [2.45, 2.75) is 37.8 Å². The first-order valence-electron chi connectivity index (χ1n) is 5.20. The van der Waals surface area contributed by atoms with Gasteiger partial charge in [-0.25, -0.2) is 0 Å². The standard InChI is InChI=1S/C10H20N2O2/c1-12(8-5-3-4-6-8)9(7-11)10(13)14-2/h8-9H,3-7,11H2,1-2H3. The maximum absolute atomic E-state index is 11.4. The van der Waals surface area contributed by atoms with Crippen LogP contribution in [-0.4, -0.2) is 43.7 Å². The third-order valence-corrected chi connectivity index (χ3v) is 3.09. The van der Waals surface area contributed by atoms with E-state index in [2.05, 4.69) is 4.90 Å². The summed E-state index contributed by atoms with van der Waals surface area (Å²) in [7, 11) is 3.37. The number of methoxy groups -OCH3 is 1. The van der Waals surface area contributed by atoms with Crippen LogP contribution in [0.25, 0.3) is 0 Å². The first kappa shape index (κ1) is 11.5. The van der Waals surface area contributed by atoms with Gasteiger partial charge < -0.3 is 10.5 Å². The van der Waals surface area contributed by atoms with E-state index < -0.39 is 0 Å². The summed E-state index contributed by atoms with van der Waals surface area (Å²) in [5.74, 6) is -0.220. The van der Waals surface area contributed by atoms with Crippen LogP contribution in [0.5, 0.6) is 0 Å². The SMILES string of the molecule is COC(=O)C(CN)N(C)C1CCCC1. The second-order valence-corrected chi connectivity index (χ2v) is 3.88. The maximum atomic E-state index is 11.4. The molecule has 0 radical (unpaired) electrons. The Balaban J connectivity index is 2.54. The van der Waals surface area contributed by atoms with Gasteiger partial charge in [-0.2, -0.15) is 0 Å². The van der Waals surface area contributed by atoms with Gasteiger partial charge in [0.1, 0.15) is 6.04 Å². The van der Waals surface area contributed by atoms with Crippen LogP contribution in [0, 0.1) is 0 Å². The van der Waals surface area contributed by atoms with Gasteiger partial charge >= 0.3 is 5.97 Å². The number of carbonyl (C=O) groups excluding carboxylic acids is 1. The quantitative estimate of drug-likeness (QED) is 0.666. The van der Waals surface area contributed by atoms with Crippen molar-refractivity contribution in [3.63, 3.8) is 0 Å². The number of esters is 1. The zero-order chi connectivity index (χ0) is 10.6. The second kappa shape index (κ2) is 5.32. The summed E-state index contributed by atoms with van der Waals surface area (Å²) in [6.45, 7) is 0.333. The van der Waals surface area contributed by atoms with E-state index in [1.807, 2.05) is 7.05 Å². The Bertz CT molecular complexity index is 191. The number of likely N-dealkylation sites (N-methyl/N-ethyl adjacent to an activating group) is 1. The topological polar surface area (TPSA) is 55.6 Å². The monoisotopic (exact) mass is 200 g/mol. The van der Waals surface area contributed by atoms with Crippen molar-refractivity contribution in [1.82, 2.24) is 4.90 Å². The largest absolute Gasteiger partial charge is 0.468 e. The highest BCUT2D eigenvalue weighted by Crippen LogP contribution is 2.23. The van der Waals surface area contributed by atoms with Gasteiger partial charge in [0.05, 0.1) is 7.11 Å². The van der Waals surface area contributed by atoms with E-state index in [-0.39, 0.29) is 12.0 Å². The van der Waals surface area contributed by atoms with E-state index >= 15 is 0 Å². The van der Waals surface area contributed by atoms with Crippen LogP contribution in [0.15, 0.2) is 0 Å². The molecule has 4 nitrogen and oxygen atoms in total. The number of nitrogens with two attached hydrogens (primary N) is 1. The van der Waals surface area contributed by atoms with E-state index in [1.54, 1.807) is 0 Å². The normalized spacial score (nSPS) is 20.0. The number of rotatable bonds is 4. The Morgan fingerprint density at radius 2 is 2.14 bits per heavy atom. The second-order valence-electron chi connectivity index (χ2n) is 3.88. The summed E-state index contributed by atoms with van der Waals surface area (Å²) >= 11 is 0. The van der Waals surface area contributed by atoms with Gasteiger partial charge in [-0.1, -0.05) is 12.8 Å². The molecule has 0 aromatic heterocycles. The van der Waals surface area contributed by atoms with Crippen LogP contribution >= 0.6 is 0 Å². The van der Waals surface area contributed by atoms with Crippen LogP contribution in [0.4, 0.5) is 0 Å². The fourth-order valence-electron chi connectivity index (χ4n) is 2.13. The third kappa shape index (κ3) is 2.45. The molecule has 1 unspecified atom stereocenters. The molecule has 1 aliphatic carbocycles. The molecule has 4 heteroatoms. The highest BCUT2D eigenvalue weighted by Gasteiger charge is 2.29. The summed E-state index contributed by atoms with van der Waals surface area (Å²) in [6, 6.07) is 0.228. The molecule has 2 N–H and O–H groups in total. The molecule has 1 rings (SSSR count). The molecule has 82 valence electrons. The lowest BCUT2D eigenvalue weighted by atomic mass is 10.1. The molecule has 0 aromatic rings. The first-order valence-corrected chi connectivity index (χ1v) is 5.20. The number of nitrogens with zero attached hydrogens (tertiary/aromatic N) is 1. The number of carbonyl (C=O) groups is 1. The van der Waals surface area contributed by atoms with Gasteiger partial charge in [0.15, 0.2) is 0 Å². The number of hydrogen-bond donors (Lipinski definition) is 1. The molecule has 0 heterocycles. The smallest absolute Gasteiger partial charge is 0.324 e. The van der Waals surface area contributed by atoms with E-state index in [4.69, 9.17) is 10.5 Å². The molecule has 1 aliphatic rings. The molecule has 1 saturated carbocycles. The highest BCUT2D eigenvalue weighted by atomic mass is 16.5. The first-order chi connectivity index (χ1) is 6.70. The minimum absolute atomic E-state index is 0.220. The maximum Gasteiger partial charge on any atom is 0.324 e.